The van der Waals surface area contributed by atoms with E-state index in [2.05, 4.69) is 18.2 Å². The van der Waals surface area contributed by atoms with Crippen LogP contribution in [0.15, 0.2) is 103 Å². The molecule has 0 atom stereocenters. The van der Waals surface area contributed by atoms with Gasteiger partial charge in [-0.1, -0.05) is 66.7 Å². The topological polar surface area (TPSA) is 12.5 Å². The summed E-state index contributed by atoms with van der Waals surface area (Å²) >= 11 is 0. The van der Waals surface area contributed by atoms with E-state index in [1.54, 1.807) is 24.3 Å². The predicted molar refractivity (Wildman–Crippen MR) is 134 cm³/mol. The van der Waals surface area contributed by atoms with Crippen molar-refractivity contribution in [2.45, 2.75) is 18.4 Å². The first-order valence-electron chi connectivity index (χ1n) is 11.5. The summed E-state index contributed by atoms with van der Waals surface area (Å²) in [5.41, 5.74) is 3.71. The Balaban J connectivity index is 1.80. The standard InChI is InChI=1S/C30H29F2NO/c1-33(2)29-12-6-11-26(22-29)30(24-13-17-27(31)18-14-24,25-15-19-28(32)20-16-25)34-21-7-10-23-8-4-3-5-9-23/h3-6,8-9,11-20,22H,7,10,21H2,1-2H3. The van der Waals surface area contributed by atoms with Crippen LogP contribution in [0.3, 0.4) is 0 Å². The molecule has 4 aromatic rings. The molecule has 0 aliphatic carbocycles. The van der Waals surface area contributed by atoms with Crippen molar-refractivity contribution in [2.75, 3.05) is 25.6 Å². The lowest BCUT2D eigenvalue weighted by molar-refractivity contribution is 0.0116. The second-order valence-corrected chi connectivity index (χ2v) is 8.58. The molecule has 0 unspecified atom stereocenters. The molecule has 0 heterocycles. The minimum Gasteiger partial charge on any atom is -0.378 e. The molecule has 0 amide bonds. The fourth-order valence-corrected chi connectivity index (χ4v) is 4.27. The van der Waals surface area contributed by atoms with Gasteiger partial charge in [0.2, 0.25) is 0 Å². The quantitative estimate of drug-likeness (QED) is 0.199. The van der Waals surface area contributed by atoms with Gasteiger partial charge in [-0.25, -0.2) is 8.78 Å². The Morgan fingerprint density at radius 3 is 1.82 bits per heavy atom. The molecular weight excluding hydrogens is 428 g/mol. The van der Waals surface area contributed by atoms with E-state index in [-0.39, 0.29) is 11.6 Å². The first-order valence-corrected chi connectivity index (χ1v) is 11.5. The van der Waals surface area contributed by atoms with E-state index in [9.17, 15) is 8.78 Å². The average molecular weight is 458 g/mol. The summed E-state index contributed by atoms with van der Waals surface area (Å²) in [6, 6.07) is 31.1. The van der Waals surface area contributed by atoms with Gasteiger partial charge in [0.25, 0.3) is 0 Å². The molecule has 174 valence electrons. The SMILES string of the molecule is CN(C)c1cccc(C(OCCCc2ccccc2)(c2ccc(F)cc2)c2ccc(F)cc2)c1. The van der Waals surface area contributed by atoms with Crippen LogP contribution in [0.1, 0.15) is 28.7 Å². The van der Waals surface area contributed by atoms with Crippen LogP contribution in [0.2, 0.25) is 0 Å². The highest BCUT2D eigenvalue weighted by Crippen LogP contribution is 2.42. The second kappa shape index (κ2) is 10.6. The zero-order chi connectivity index (χ0) is 24.0. The summed E-state index contributed by atoms with van der Waals surface area (Å²) < 4.78 is 34.6. The van der Waals surface area contributed by atoms with Gasteiger partial charge in [0.15, 0.2) is 0 Å². The largest absolute Gasteiger partial charge is 0.378 e. The Labute approximate surface area is 200 Å². The van der Waals surface area contributed by atoms with Crippen molar-refractivity contribution in [1.82, 2.24) is 0 Å². The monoisotopic (exact) mass is 457 g/mol. The number of ether oxygens (including phenoxy) is 1. The third-order valence-corrected chi connectivity index (χ3v) is 6.04. The molecule has 0 aromatic heterocycles. The number of rotatable bonds is 9. The van der Waals surface area contributed by atoms with Crippen molar-refractivity contribution in [2.24, 2.45) is 0 Å². The van der Waals surface area contributed by atoms with Crippen molar-refractivity contribution in [3.05, 3.63) is 137 Å². The molecule has 0 saturated carbocycles. The van der Waals surface area contributed by atoms with Gasteiger partial charge in [0.05, 0.1) is 0 Å². The Kier molecular flexibility index (Phi) is 7.39. The lowest BCUT2D eigenvalue weighted by atomic mass is 9.79. The summed E-state index contributed by atoms with van der Waals surface area (Å²) in [6.07, 6.45) is 1.68. The zero-order valence-electron chi connectivity index (χ0n) is 19.5. The number of hydrogen-bond acceptors (Lipinski definition) is 2. The number of anilines is 1. The molecular formula is C30H29F2NO. The van der Waals surface area contributed by atoms with E-state index in [1.165, 1.54) is 29.8 Å². The average Bonchev–Trinajstić information content (AvgIpc) is 2.86. The van der Waals surface area contributed by atoms with E-state index in [4.69, 9.17) is 4.74 Å². The van der Waals surface area contributed by atoms with Crippen LogP contribution in [0.25, 0.3) is 0 Å². The number of hydrogen-bond donors (Lipinski definition) is 0. The summed E-state index contributed by atoms with van der Waals surface area (Å²) in [5, 5.41) is 0. The first kappa shape index (κ1) is 23.7. The molecule has 4 rings (SSSR count). The minimum absolute atomic E-state index is 0.317. The highest BCUT2D eigenvalue weighted by Gasteiger charge is 2.38. The molecule has 4 heteroatoms. The second-order valence-electron chi connectivity index (χ2n) is 8.58. The van der Waals surface area contributed by atoms with E-state index < -0.39 is 5.60 Å². The normalized spacial score (nSPS) is 11.4. The summed E-state index contributed by atoms with van der Waals surface area (Å²) in [5.74, 6) is -0.634. The fraction of sp³-hybridized carbons (Fsp3) is 0.200. The van der Waals surface area contributed by atoms with Crippen LogP contribution in [0.4, 0.5) is 14.5 Å². The molecule has 0 bridgehead atoms. The Morgan fingerprint density at radius 1 is 0.676 bits per heavy atom. The van der Waals surface area contributed by atoms with Gasteiger partial charge in [-0.2, -0.15) is 0 Å². The van der Waals surface area contributed by atoms with Crippen molar-refractivity contribution in [3.8, 4) is 0 Å². The van der Waals surface area contributed by atoms with E-state index >= 15 is 0 Å². The lowest BCUT2D eigenvalue weighted by Gasteiger charge is -2.36. The van der Waals surface area contributed by atoms with Crippen LogP contribution in [0.5, 0.6) is 0 Å². The van der Waals surface area contributed by atoms with Gasteiger partial charge in [0.1, 0.15) is 17.2 Å². The Bertz CT molecular complexity index is 1140. The van der Waals surface area contributed by atoms with E-state index in [0.717, 1.165) is 35.2 Å². The molecule has 0 fully saturated rings. The zero-order valence-corrected chi connectivity index (χ0v) is 19.5. The minimum atomic E-state index is -1.02. The van der Waals surface area contributed by atoms with Crippen LogP contribution >= 0.6 is 0 Å². The number of benzene rings is 4. The number of nitrogens with zero attached hydrogens (tertiary/aromatic N) is 1. The van der Waals surface area contributed by atoms with Gasteiger partial charge in [-0.3, -0.25) is 0 Å². The Hall–Kier alpha value is -3.50. The van der Waals surface area contributed by atoms with E-state index in [1.807, 2.05) is 55.4 Å². The summed E-state index contributed by atoms with van der Waals surface area (Å²) in [6.45, 7) is 0.468. The Morgan fingerprint density at radius 2 is 1.26 bits per heavy atom. The summed E-state index contributed by atoms with van der Waals surface area (Å²) in [4.78, 5) is 2.03. The molecule has 2 nitrogen and oxygen atoms in total. The van der Waals surface area contributed by atoms with Crippen LogP contribution in [-0.2, 0) is 16.8 Å². The molecule has 4 aromatic carbocycles. The van der Waals surface area contributed by atoms with Crippen molar-refractivity contribution >= 4 is 5.69 Å². The van der Waals surface area contributed by atoms with Crippen LogP contribution in [-0.4, -0.2) is 20.7 Å². The smallest absolute Gasteiger partial charge is 0.143 e. The maximum Gasteiger partial charge on any atom is 0.143 e. The summed E-state index contributed by atoms with van der Waals surface area (Å²) in [7, 11) is 3.97. The molecule has 0 aliphatic heterocycles. The van der Waals surface area contributed by atoms with Crippen LogP contribution < -0.4 is 4.90 Å². The molecule has 34 heavy (non-hydrogen) atoms. The third kappa shape index (κ3) is 5.18. The molecule has 0 aliphatic rings. The maximum atomic E-state index is 13.9. The molecule has 0 radical (unpaired) electrons. The van der Waals surface area contributed by atoms with Gasteiger partial charge >= 0.3 is 0 Å². The van der Waals surface area contributed by atoms with Gasteiger partial charge in [0, 0.05) is 26.4 Å². The van der Waals surface area contributed by atoms with Crippen molar-refractivity contribution in [3.63, 3.8) is 0 Å². The van der Waals surface area contributed by atoms with Gasteiger partial charge in [-0.05, 0) is 71.5 Å². The molecule has 0 spiro atoms. The fourth-order valence-electron chi connectivity index (χ4n) is 4.27. The van der Waals surface area contributed by atoms with Crippen LogP contribution in [0, 0.1) is 11.6 Å². The highest BCUT2D eigenvalue weighted by molar-refractivity contribution is 5.55. The van der Waals surface area contributed by atoms with Crippen molar-refractivity contribution in [1.29, 1.82) is 0 Å². The molecule has 0 saturated heterocycles. The van der Waals surface area contributed by atoms with E-state index in [0.29, 0.717) is 6.61 Å². The van der Waals surface area contributed by atoms with Gasteiger partial charge < -0.3 is 9.64 Å². The van der Waals surface area contributed by atoms with Crippen molar-refractivity contribution < 1.29 is 13.5 Å². The van der Waals surface area contributed by atoms with Gasteiger partial charge in [-0.15, -0.1) is 0 Å². The maximum absolute atomic E-state index is 13.9. The predicted octanol–water partition coefficient (Wildman–Crippen LogP) is 6.97. The first-order chi connectivity index (χ1) is 16.5. The number of aryl methyl sites for hydroxylation is 1. The highest BCUT2D eigenvalue weighted by atomic mass is 19.1. The molecule has 0 N–H and O–H groups in total. The third-order valence-electron chi connectivity index (χ3n) is 6.04. The number of halogens is 2. The lowest BCUT2D eigenvalue weighted by Crippen LogP contribution is -2.33.